The smallest absolute Gasteiger partial charge is 0.271 e. The van der Waals surface area contributed by atoms with Crippen LogP contribution in [0.3, 0.4) is 0 Å². The van der Waals surface area contributed by atoms with E-state index in [1.165, 1.54) is 0 Å². The van der Waals surface area contributed by atoms with E-state index in [-0.39, 0.29) is 12.7 Å². The number of benzene rings is 1. The van der Waals surface area contributed by atoms with Gasteiger partial charge >= 0.3 is 0 Å². The fourth-order valence-corrected chi connectivity index (χ4v) is 2.05. The van der Waals surface area contributed by atoms with Gasteiger partial charge in [-0.1, -0.05) is 6.92 Å². The first-order valence-corrected chi connectivity index (χ1v) is 7.11. The lowest BCUT2D eigenvalue weighted by atomic mass is 10.3. The third-order valence-corrected chi connectivity index (χ3v) is 3.24. The number of rotatable bonds is 6. The molecular formula is C15H17N3O4. The average molecular weight is 303 g/mol. The van der Waals surface area contributed by atoms with Crippen LogP contribution < -0.4 is 19.5 Å². The van der Waals surface area contributed by atoms with Crippen molar-refractivity contribution >= 4 is 5.91 Å². The summed E-state index contributed by atoms with van der Waals surface area (Å²) in [5, 5.41) is 9.52. The Morgan fingerprint density at radius 1 is 1.36 bits per heavy atom. The van der Waals surface area contributed by atoms with E-state index < -0.39 is 0 Å². The molecule has 1 aliphatic rings. The van der Waals surface area contributed by atoms with Crippen LogP contribution >= 0.6 is 0 Å². The van der Waals surface area contributed by atoms with E-state index in [0.717, 1.165) is 12.1 Å². The molecule has 22 heavy (non-hydrogen) atoms. The van der Waals surface area contributed by atoms with Gasteiger partial charge in [-0.15, -0.1) is 0 Å². The molecule has 2 aromatic rings. The highest BCUT2D eigenvalue weighted by Crippen LogP contribution is 2.34. The van der Waals surface area contributed by atoms with Gasteiger partial charge in [-0.2, -0.15) is 5.10 Å². The number of amides is 1. The molecule has 0 saturated carbocycles. The number of nitrogens with one attached hydrogen (secondary N) is 2. The van der Waals surface area contributed by atoms with Crippen molar-refractivity contribution in [2.24, 2.45) is 0 Å². The van der Waals surface area contributed by atoms with Gasteiger partial charge in [0.15, 0.2) is 11.5 Å². The van der Waals surface area contributed by atoms with Crippen LogP contribution in [0.15, 0.2) is 24.3 Å². The minimum absolute atomic E-state index is 0.217. The molecule has 0 spiro atoms. The molecule has 0 unspecified atom stereocenters. The van der Waals surface area contributed by atoms with E-state index in [2.05, 4.69) is 15.5 Å². The summed E-state index contributed by atoms with van der Waals surface area (Å²) >= 11 is 0. The molecule has 0 radical (unpaired) electrons. The second kappa shape index (κ2) is 6.38. The van der Waals surface area contributed by atoms with Gasteiger partial charge in [-0.05, 0) is 24.6 Å². The highest BCUT2D eigenvalue weighted by Gasteiger charge is 2.14. The lowest BCUT2D eigenvalue weighted by molar-refractivity contribution is 0.0942. The van der Waals surface area contributed by atoms with Gasteiger partial charge in [0, 0.05) is 11.8 Å². The number of aromatic amines is 1. The highest BCUT2D eigenvalue weighted by atomic mass is 16.7. The standard InChI is InChI=1S/C15H17N3O4/c1-2-10-7-12(18-17-10)15(19)16-5-6-20-11-3-4-13-14(8-11)22-9-21-13/h3-4,7-8H,2,5-6,9H2,1H3,(H,16,19)(H,17,18). The Kier molecular flexibility index (Phi) is 4.13. The van der Waals surface area contributed by atoms with Gasteiger partial charge in [0.05, 0.1) is 6.54 Å². The van der Waals surface area contributed by atoms with Crippen molar-refractivity contribution in [2.45, 2.75) is 13.3 Å². The third kappa shape index (κ3) is 3.13. The number of fused-ring (bicyclic) bond motifs is 1. The van der Waals surface area contributed by atoms with E-state index in [4.69, 9.17) is 14.2 Å². The molecular weight excluding hydrogens is 286 g/mol. The summed E-state index contributed by atoms with van der Waals surface area (Å²) in [6.45, 7) is 2.98. The Labute approximate surface area is 127 Å². The lowest BCUT2D eigenvalue weighted by Crippen LogP contribution is -2.28. The normalized spacial score (nSPS) is 12.2. The van der Waals surface area contributed by atoms with E-state index in [1.807, 2.05) is 6.92 Å². The molecule has 7 heteroatoms. The maximum Gasteiger partial charge on any atom is 0.271 e. The van der Waals surface area contributed by atoms with Crippen LogP contribution in [-0.2, 0) is 6.42 Å². The highest BCUT2D eigenvalue weighted by molar-refractivity contribution is 5.92. The number of carbonyl (C=O) groups excluding carboxylic acids is 1. The third-order valence-electron chi connectivity index (χ3n) is 3.24. The second-order valence-corrected chi connectivity index (χ2v) is 4.75. The van der Waals surface area contributed by atoms with Crippen LogP contribution in [0, 0.1) is 0 Å². The molecule has 1 aliphatic heterocycles. The molecule has 0 fully saturated rings. The number of aromatic nitrogens is 2. The largest absolute Gasteiger partial charge is 0.492 e. The van der Waals surface area contributed by atoms with E-state index in [1.54, 1.807) is 24.3 Å². The first kappa shape index (κ1) is 14.2. The molecule has 7 nitrogen and oxygen atoms in total. The van der Waals surface area contributed by atoms with Crippen LogP contribution in [0.2, 0.25) is 0 Å². The first-order valence-electron chi connectivity index (χ1n) is 7.11. The summed E-state index contributed by atoms with van der Waals surface area (Å²) in [5.41, 5.74) is 1.32. The number of nitrogens with zero attached hydrogens (tertiary/aromatic N) is 1. The molecule has 3 rings (SSSR count). The summed E-state index contributed by atoms with van der Waals surface area (Å²) in [4.78, 5) is 11.9. The minimum Gasteiger partial charge on any atom is -0.492 e. The van der Waals surface area contributed by atoms with Crippen molar-refractivity contribution in [3.05, 3.63) is 35.7 Å². The van der Waals surface area contributed by atoms with Crippen molar-refractivity contribution < 1.29 is 19.0 Å². The number of carbonyl (C=O) groups is 1. The number of aryl methyl sites for hydroxylation is 1. The molecule has 1 aromatic carbocycles. The van der Waals surface area contributed by atoms with Gasteiger partial charge in [0.1, 0.15) is 18.1 Å². The molecule has 0 aliphatic carbocycles. The zero-order chi connectivity index (χ0) is 15.4. The zero-order valence-electron chi connectivity index (χ0n) is 12.2. The summed E-state index contributed by atoms with van der Waals surface area (Å²) in [7, 11) is 0. The van der Waals surface area contributed by atoms with Gasteiger partial charge in [0.2, 0.25) is 6.79 Å². The lowest BCUT2D eigenvalue weighted by Gasteiger charge is -2.07. The van der Waals surface area contributed by atoms with Crippen molar-refractivity contribution in [2.75, 3.05) is 19.9 Å². The Morgan fingerprint density at radius 3 is 3.05 bits per heavy atom. The molecule has 0 saturated heterocycles. The van der Waals surface area contributed by atoms with E-state index in [0.29, 0.717) is 36.1 Å². The predicted octanol–water partition coefficient (Wildman–Crippen LogP) is 1.51. The van der Waals surface area contributed by atoms with Crippen LogP contribution in [0.25, 0.3) is 0 Å². The van der Waals surface area contributed by atoms with Crippen molar-refractivity contribution in [1.29, 1.82) is 0 Å². The Balaban J connectivity index is 1.44. The number of H-pyrrole nitrogens is 1. The number of hydrogen-bond donors (Lipinski definition) is 2. The van der Waals surface area contributed by atoms with Crippen LogP contribution in [0.4, 0.5) is 0 Å². The summed E-state index contributed by atoms with van der Waals surface area (Å²) in [6.07, 6.45) is 0.813. The molecule has 0 bridgehead atoms. The number of hydrogen-bond acceptors (Lipinski definition) is 5. The zero-order valence-corrected chi connectivity index (χ0v) is 12.2. The molecule has 1 aromatic heterocycles. The minimum atomic E-state index is -0.217. The van der Waals surface area contributed by atoms with E-state index >= 15 is 0 Å². The topological polar surface area (TPSA) is 85.5 Å². The van der Waals surface area contributed by atoms with Crippen LogP contribution in [-0.4, -0.2) is 36.0 Å². The quantitative estimate of drug-likeness (QED) is 0.790. The maximum absolute atomic E-state index is 11.9. The molecule has 2 heterocycles. The maximum atomic E-state index is 11.9. The monoisotopic (exact) mass is 303 g/mol. The van der Waals surface area contributed by atoms with E-state index in [9.17, 15) is 4.79 Å². The van der Waals surface area contributed by atoms with Crippen molar-refractivity contribution in [3.63, 3.8) is 0 Å². The summed E-state index contributed by atoms with van der Waals surface area (Å²) < 4.78 is 16.1. The summed E-state index contributed by atoms with van der Waals surface area (Å²) in [6, 6.07) is 7.11. The Bertz CT molecular complexity index is 669. The SMILES string of the molecule is CCc1cc(C(=O)NCCOc2ccc3c(c2)OCO3)n[nH]1. The average Bonchev–Trinajstić information content (AvgIpc) is 3.19. The fourth-order valence-electron chi connectivity index (χ4n) is 2.05. The number of ether oxygens (including phenoxy) is 3. The van der Waals surface area contributed by atoms with Gasteiger partial charge in [0.25, 0.3) is 5.91 Å². The van der Waals surface area contributed by atoms with Crippen molar-refractivity contribution in [3.8, 4) is 17.2 Å². The fraction of sp³-hybridized carbons (Fsp3) is 0.333. The Morgan fingerprint density at radius 2 is 2.23 bits per heavy atom. The molecule has 0 atom stereocenters. The Hall–Kier alpha value is -2.70. The van der Waals surface area contributed by atoms with Gasteiger partial charge in [-0.25, -0.2) is 0 Å². The second-order valence-electron chi connectivity index (χ2n) is 4.75. The van der Waals surface area contributed by atoms with Crippen LogP contribution in [0.5, 0.6) is 17.2 Å². The van der Waals surface area contributed by atoms with Crippen molar-refractivity contribution in [1.82, 2.24) is 15.5 Å². The van der Waals surface area contributed by atoms with Crippen LogP contribution in [0.1, 0.15) is 23.1 Å². The van der Waals surface area contributed by atoms with Gasteiger partial charge in [-0.3, -0.25) is 9.89 Å². The summed E-state index contributed by atoms with van der Waals surface area (Å²) in [5.74, 6) is 1.84. The molecule has 1 amide bonds. The first-order chi connectivity index (χ1) is 10.8. The predicted molar refractivity (Wildman–Crippen MR) is 78.4 cm³/mol. The molecule has 2 N–H and O–H groups in total. The van der Waals surface area contributed by atoms with Gasteiger partial charge < -0.3 is 19.5 Å². The molecule has 116 valence electrons.